The van der Waals surface area contributed by atoms with E-state index in [4.69, 9.17) is 10.5 Å². The van der Waals surface area contributed by atoms with Crippen molar-refractivity contribution in [3.63, 3.8) is 0 Å². The number of hydrogen-bond donors (Lipinski definition) is 1. The van der Waals surface area contributed by atoms with Crippen LogP contribution in [-0.4, -0.2) is 22.5 Å². The fraction of sp³-hybridized carbons (Fsp3) is 0.769. The van der Waals surface area contributed by atoms with Crippen molar-refractivity contribution in [3.8, 4) is 0 Å². The van der Waals surface area contributed by atoms with Crippen molar-refractivity contribution in [3.05, 3.63) is 18.0 Å². The van der Waals surface area contributed by atoms with E-state index in [9.17, 15) is 0 Å². The summed E-state index contributed by atoms with van der Waals surface area (Å²) in [5.74, 6) is 0. The number of aryl methyl sites for hydroxylation is 1. The second-order valence-corrected chi connectivity index (χ2v) is 4.43. The normalized spacial score (nSPS) is 13.9. The lowest BCUT2D eigenvalue weighted by atomic mass is 9.86. The third-order valence-corrected chi connectivity index (χ3v) is 3.67. The summed E-state index contributed by atoms with van der Waals surface area (Å²) in [4.78, 5) is 0. The molecule has 0 aliphatic carbocycles. The smallest absolute Gasteiger partial charge is 0.0880 e. The largest absolute Gasteiger partial charge is 0.376 e. The van der Waals surface area contributed by atoms with Gasteiger partial charge in [0.1, 0.15) is 0 Å². The summed E-state index contributed by atoms with van der Waals surface area (Å²) in [6, 6.07) is 1.87. The maximum Gasteiger partial charge on any atom is 0.0880 e. The molecule has 4 heteroatoms. The Morgan fingerprint density at radius 1 is 1.41 bits per heavy atom. The van der Waals surface area contributed by atoms with Crippen molar-refractivity contribution >= 4 is 0 Å². The van der Waals surface area contributed by atoms with Crippen molar-refractivity contribution in [2.75, 3.05) is 7.11 Å². The molecule has 1 heterocycles. The average Bonchev–Trinajstić information content (AvgIpc) is 2.80. The number of aromatic nitrogens is 2. The molecule has 0 aromatic carbocycles. The van der Waals surface area contributed by atoms with Gasteiger partial charge < -0.3 is 10.5 Å². The maximum absolute atomic E-state index is 6.40. The first-order valence-corrected chi connectivity index (χ1v) is 6.47. The fourth-order valence-electron chi connectivity index (χ4n) is 2.38. The molecule has 17 heavy (non-hydrogen) atoms. The van der Waals surface area contributed by atoms with Crippen molar-refractivity contribution in [1.29, 1.82) is 0 Å². The molecule has 1 aromatic heterocycles. The molecule has 0 bridgehead atoms. The van der Waals surface area contributed by atoms with Gasteiger partial charge in [-0.2, -0.15) is 5.10 Å². The molecule has 2 N–H and O–H groups in total. The summed E-state index contributed by atoms with van der Waals surface area (Å²) in [6.45, 7) is 7.28. The van der Waals surface area contributed by atoms with Gasteiger partial charge in [-0.3, -0.25) is 4.68 Å². The van der Waals surface area contributed by atoms with E-state index < -0.39 is 0 Å². The maximum atomic E-state index is 6.40. The van der Waals surface area contributed by atoms with Gasteiger partial charge in [0.25, 0.3) is 0 Å². The monoisotopic (exact) mass is 239 g/mol. The van der Waals surface area contributed by atoms with Crippen LogP contribution in [0.4, 0.5) is 0 Å². The highest BCUT2D eigenvalue weighted by molar-refractivity contribution is 5.12. The van der Waals surface area contributed by atoms with Crippen LogP contribution < -0.4 is 5.73 Å². The number of nitrogens with two attached hydrogens (primary N) is 1. The lowest BCUT2D eigenvalue weighted by Gasteiger charge is -2.36. The Bertz CT molecular complexity index is 323. The average molecular weight is 239 g/mol. The quantitative estimate of drug-likeness (QED) is 0.795. The van der Waals surface area contributed by atoms with Crippen LogP contribution in [0.3, 0.4) is 0 Å². The minimum absolute atomic E-state index is 0.128. The lowest BCUT2D eigenvalue weighted by Crippen LogP contribution is -2.43. The summed E-state index contributed by atoms with van der Waals surface area (Å²) in [5, 5.41) is 4.32. The molecule has 0 aliphatic rings. The van der Waals surface area contributed by atoms with E-state index >= 15 is 0 Å². The van der Waals surface area contributed by atoms with Crippen LogP contribution in [0.5, 0.6) is 0 Å². The Morgan fingerprint density at radius 2 is 2.06 bits per heavy atom. The van der Waals surface area contributed by atoms with Crippen LogP contribution >= 0.6 is 0 Å². The summed E-state index contributed by atoms with van der Waals surface area (Å²) < 4.78 is 7.68. The van der Waals surface area contributed by atoms with Crippen LogP contribution in [-0.2, 0) is 11.3 Å². The van der Waals surface area contributed by atoms with E-state index in [1.165, 1.54) is 0 Å². The number of hydrogen-bond acceptors (Lipinski definition) is 3. The van der Waals surface area contributed by atoms with E-state index in [2.05, 4.69) is 25.9 Å². The predicted octanol–water partition coefficient (Wildman–Crippen LogP) is 2.50. The van der Waals surface area contributed by atoms with Crippen LogP contribution in [0.25, 0.3) is 0 Å². The molecular formula is C13H25N3O. The Labute approximate surface area is 104 Å². The summed E-state index contributed by atoms with van der Waals surface area (Å²) in [7, 11) is 1.74. The van der Waals surface area contributed by atoms with Gasteiger partial charge in [-0.25, -0.2) is 0 Å². The molecule has 0 saturated carbocycles. The molecule has 0 saturated heterocycles. The fourth-order valence-corrected chi connectivity index (χ4v) is 2.38. The zero-order chi connectivity index (χ0) is 12.9. The predicted molar refractivity (Wildman–Crippen MR) is 69.8 cm³/mol. The number of nitrogens with zero attached hydrogens (tertiary/aromatic N) is 2. The first kappa shape index (κ1) is 14.2. The SMILES string of the molecule is CCCn1nccc1C(N)C(CC)(CC)OC. The molecule has 0 amide bonds. The van der Waals surface area contributed by atoms with Crippen LogP contribution in [0.2, 0.25) is 0 Å². The van der Waals surface area contributed by atoms with E-state index in [1.54, 1.807) is 7.11 Å². The third kappa shape index (κ3) is 2.69. The molecule has 0 radical (unpaired) electrons. The van der Waals surface area contributed by atoms with Gasteiger partial charge in [0.15, 0.2) is 0 Å². The first-order chi connectivity index (χ1) is 8.15. The van der Waals surface area contributed by atoms with Crippen molar-refractivity contribution in [1.82, 2.24) is 9.78 Å². The van der Waals surface area contributed by atoms with Gasteiger partial charge in [0.05, 0.1) is 17.3 Å². The number of rotatable bonds is 7. The highest BCUT2D eigenvalue weighted by Gasteiger charge is 2.35. The Morgan fingerprint density at radius 3 is 2.53 bits per heavy atom. The second-order valence-electron chi connectivity index (χ2n) is 4.43. The highest BCUT2D eigenvalue weighted by atomic mass is 16.5. The molecule has 0 spiro atoms. The van der Waals surface area contributed by atoms with Crippen molar-refractivity contribution in [2.24, 2.45) is 5.73 Å². The van der Waals surface area contributed by atoms with E-state index in [1.807, 2.05) is 16.9 Å². The Balaban J connectivity index is 3.00. The molecule has 1 unspecified atom stereocenters. The summed E-state index contributed by atoms with van der Waals surface area (Å²) in [6.07, 6.45) is 4.67. The van der Waals surface area contributed by atoms with Crippen molar-refractivity contribution < 1.29 is 4.74 Å². The molecule has 0 aliphatic heterocycles. The summed E-state index contributed by atoms with van der Waals surface area (Å²) >= 11 is 0. The van der Waals surface area contributed by atoms with Gasteiger partial charge in [0, 0.05) is 19.9 Å². The van der Waals surface area contributed by atoms with Crippen molar-refractivity contribution in [2.45, 2.75) is 58.2 Å². The minimum Gasteiger partial charge on any atom is -0.376 e. The molecule has 1 rings (SSSR count). The zero-order valence-electron chi connectivity index (χ0n) is 11.4. The van der Waals surface area contributed by atoms with Crippen LogP contribution in [0, 0.1) is 0 Å². The topological polar surface area (TPSA) is 53.1 Å². The number of methoxy groups -OCH3 is 1. The molecule has 0 fully saturated rings. The van der Waals surface area contributed by atoms with Crippen LogP contribution in [0.1, 0.15) is 51.8 Å². The van der Waals surface area contributed by atoms with Gasteiger partial charge in [0.2, 0.25) is 0 Å². The van der Waals surface area contributed by atoms with E-state index in [-0.39, 0.29) is 11.6 Å². The van der Waals surface area contributed by atoms with Gasteiger partial charge in [-0.05, 0) is 25.3 Å². The molecule has 1 aromatic rings. The first-order valence-electron chi connectivity index (χ1n) is 6.47. The molecular weight excluding hydrogens is 214 g/mol. The van der Waals surface area contributed by atoms with E-state index in [0.29, 0.717) is 0 Å². The second kappa shape index (κ2) is 6.17. The van der Waals surface area contributed by atoms with Gasteiger partial charge in [-0.1, -0.05) is 20.8 Å². The Hall–Kier alpha value is -0.870. The zero-order valence-corrected chi connectivity index (χ0v) is 11.4. The molecule has 98 valence electrons. The van der Waals surface area contributed by atoms with Gasteiger partial charge in [-0.15, -0.1) is 0 Å². The standard InChI is InChI=1S/C13H25N3O/c1-5-10-16-11(8-9-15-16)12(14)13(6-2,7-3)17-4/h8-9,12H,5-7,10,14H2,1-4H3. The molecule has 1 atom stereocenters. The highest BCUT2D eigenvalue weighted by Crippen LogP contribution is 2.32. The molecule has 4 nitrogen and oxygen atoms in total. The third-order valence-electron chi connectivity index (χ3n) is 3.67. The lowest BCUT2D eigenvalue weighted by molar-refractivity contribution is -0.0405. The van der Waals surface area contributed by atoms with Crippen LogP contribution in [0.15, 0.2) is 12.3 Å². The van der Waals surface area contributed by atoms with E-state index in [0.717, 1.165) is 31.5 Å². The minimum atomic E-state index is -0.286. The Kier molecular flexibility index (Phi) is 5.15. The summed E-state index contributed by atoms with van der Waals surface area (Å²) in [5.41, 5.74) is 7.18. The number of ether oxygens (including phenoxy) is 1. The van der Waals surface area contributed by atoms with Gasteiger partial charge >= 0.3 is 0 Å².